The lowest BCUT2D eigenvalue weighted by Crippen LogP contribution is -2.21. The molecule has 0 unspecified atom stereocenters. The van der Waals surface area contributed by atoms with Gasteiger partial charge in [-0.15, -0.1) is 0 Å². The number of nitrogens with one attached hydrogen (secondary N) is 1. The number of hydrogen-bond donors (Lipinski definition) is 1. The maximum atomic E-state index is 12.0. The number of carbonyl (C=O) groups excluding carboxylic acids is 2. The van der Waals surface area contributed by atoms with Crippen LogP contribution in [0.5, 0.6) is 0 Å². The van der Waals surface area contributed by atoms with E-state index in [0.29, 0.717) is 20.2 Å². The second-order valence-corrected chi connectivity index (χ2v) is 7.17. The molecule has 0 aliphatic rings. The van der Waals surface area contributed by atoms with Gasteiger partial charge in [0.1, 0.15) is 0 Å². The van der Waals surface area contributed by atoms with Crippen LogP contribution in [0.15, 0.2) is 39.3 Å². The number of aryl methyl sites for hydroxylation is 2. The largest absolute Gasteiger partial charge is 0.452 e. The predicted octanol–water partition coefficient (Wildman–Crippen LogP) is 4.53. The molecular formula is C17H14Br2N2O5. The highest BCUT2D eigenvalue weighted by molar-refractivity contribution is 9.11. The average molecular weight is 486 g/mol. The van der Waals surface area contributed by atoms with Crippen LogP contribution in [0.25, 0.3) is 0 Å². The minimum Gasteiger partial charge on any atom is -0.452 e. The van der Waals surface area contributed by atoms with E-state index < -0.39 is 23.4 Å². The van der Waals surface area contributed by atoms with Crippen molar-refractivity contribution in [2.75, 3.05) is 11.9 Å². The molecule has 0 aliphatic carbocycles. The molecule has 0 radical (unpaired) electrons. The van der Waals surface area contributed by atoms with E-state index in [4.69, 9.17) is 4.74 Å². The minimum atomic E-state index is -0.606. The number of nitro benzene ring substituents is 1. The number of carbonyl (C=O) groups is 2. The smallest absolute Gasteiger partial charge is 0.338 e. The number of hydrogen-bond acceptors (Lipinski definition) is 5. The molecular weight excluding hydrogens is 472 g/mol. The number of non-ortho nitro benzene ring substituents is 1. The third-order valence-corrected chi connectivity index (χ3v) is 4.83. The van der Waals surface area contributed by atoms with Gasteiger partial charge in [0.15, 0.2) is 6.61 Å². The third kappa shape index (κ3) is 4.89. The molecule has 2 aromatic carbocycles. The summed E-state index contributed by atoms with van der Waals surface area (Å²) in [6, 6.07) is 7.66. The van der Waals surface area contributed by atoms with Gasteiger partial charge in [-0.25, -0.2) is 4.79 Å². The van der Waals surface area contributed by atoms with E-state index in [1.807, 2.05) is 13.8 Å². The number of rotatable bonds is 5. The number of halogens is 2. The van der Waals surface area contributed by atoms with Gasteiger partial charge in [-0.2, -0.15) is 0 Å². The lowest BCUT2D eigenvalue weighted by Gasteiger charge is -2.10. The number of anilines is 1. The van der Waals surface area contributed by atoms with E-state index in [2.05, 4.69) is 37.2 Å². The Morgan fingerprint density at radius 2 is 1.73 bits per heavy atom. The number of nitrogens with zero attached hydrogens (tertiary/aromatic N) is 1. The molecule has 0 fully saturated rings. The third-order valence-electron chi connectivity index (χ3n) is 3.58. The van der Waals surface area contributed by atoms with Crippen molar-refractivity contribution < 1.29 is 19.2 Å². The molecule has 9 heteroatoms. The van der Waals surface area contributed by atoms with E-state index >= 15 is 0 Å². The summed E-state index contributed by atoms with van der Waals surface area (Å²) in [5, 5.41) is 13.4. The molecule has 0 bridgehead atoms. The number of nitro groups is 1. The van der Waals surface area contributed by atoms with Crippen molar-refractivity contribution in [2.45, 2.75) is 13.8 Å². The van der Waals surface area contributed by atoms with Crippen LogP contribution in [0.2, 0.25) is 0 Å². The second kappa shape index (κ2) is 8.41. The van der Waals surface area contributed by atoms with Gasteiger partial charge in [-0.3, -0.25) is 14.9 Å². The van der Waals surface area contributed by atoms with Crippen molar-refractivity contribution in [3.63, 3.8) is 0 Å². The van der Waals surface area contributed by atoms with Crippen LogP contribution >= 0.6 is 31.9 Å². The highest BCUT2D eigenvalue weighted by Gasteiger charge is 2.17. The highest BCUT2D eigenvalue weighted by atomic mass is 79.9. The molecule has 0 saturated heterocycles. The van der Waals surface area contributed by atoms with Gasteiger partial charge < -0.3 is 10.1 Å². The van der Waals surface area contributed by atoms with Crippen molar-refractivity contribution in [3.8, 4) is 0 Å². The quantitative estimate of drug-likeness (QED) is 0.381. The maximum Gasteiger partial charge on any atom is 0.338 e. The minimum absolute atomic E-state index is 0.136. The van der Waals surface area contributed by atoms with E-state index in [9.17, 15) is 19.7 Å². The Balaban J connectivity index is 2.02. The van der Waals surface area contributed by atoms with E-state index in [0.717, 1.165) is 11.1 Å². The summed E-state index contributed by atoms with van der Waals surface area (Å²) in [6.45, 7) is 3.32. The Labute approximate surface area is 166 Å². The Morgan fingerprint density at radius 1 is 1.12 bits per heavy atom. The van der Waals surface area contributed by atoms with Crippen LogP contribution in [0, 0.1) is 24.0 Å². The van der Waals surface area contributed by atoms with Crippen LogP contribution in [-0.4, -0.2) is 23.4 Å². The first-order valence-corrected chi connectivity index (χ1v) is 8.95. The fourth-order valence-electron chi connectivity index (χ4n) is 2.04. The zero-order chi connectivity index (χ0) is 19.4. The van der Waals surface area contributed by atoms with E-state index in [-0.39, 0.29) is 5.69 Å². The Kier molecular flexibility index (Phi) is 6.49. The topological polar surface area (TPSA) is 98.5 Å². The summed E-state index contributed by atoms with van der Waals surface area (Å²) in [4.78, 5) is 34.3. The van der Waals surface area contributed by atoms with Gasteiger partial charge in [0.2, 0.25) is 0 Å². The van der Waals surface area contributed by atoms with Crippen molar-refractivity contribution in [1.29, 1.82) is 0 Å². The maximum absolute atomic E-state index is 12.0. The zero-order valence-corrected chi connectivity index (χ0v) is 17.0. The number of ether oxygens (including phenoxy) is 1. The fraction of sp³-hybridized carbons (Fsp3) is 0.176. The van der Waals surface area contributed by atoms with Crippen LogP contribution < -0.4 is 5.32 Å². The van der Waals surface area contributed by atoms with Crippen LogP contribution in [0.1, 0.15) is 21.5 Å². The predicted molar refractivity (Wildman–Crippen MR) is 103 cm³/mol. The van der Waals surface area contributed by atoms with Crippen LogP contribution in [-0.2, 0) is 9.53 Å². The van der Waals surface area contributed by atoms with Gasteiger partial charge in [0.05, 0.1) is 16.2 Å². The SMILES string of the molecule is Cc1ccc(C(=O)OCC(=O)Nc2c(Br)cc([N+](=O)[O-])cc2Br)cc1C. The Morgan fingerprint density at radius 3 is 2.27 bits per heavy atom. The van der Waals surface area contributed by atoms with Gasteiger partial charge in [-0.1, -0.05) is 6.07 Å². The molecule has 1 N–H and O–H groups in total. The lowest BCUT2D eigenvalue weighted by atomic mass is 10.1. The molecule has 136 valence electrons. The lowest BCUT2D eigenvalue weighted by molar-refractivity contribution is -0.385. The number of amides is 1. The van der Waals surface area contributed by atoms with Crippen molar-refractivity contribution in [3.05, 3.63) is 66.1 Å². The average Bonchev–Trinajstić information content (AvgIpc) is 2.58. The molecule has 0 heterocycles. The summed E-state index contributed by atoms with van der Waals surface area (Å²) in [5.41, 5.74) is 2.53. The first kappa shape index (κ1) is 20.1. The summed E-state index contributed by atoms with van der Waals surface area (Å²) < 4.78 is 5.66. The molecule has 26 heavy (non-hydrogen) atoms. The summed E-state index contributed by atoms with van der Waals surface area (Å²) in [6.07, 6.45) is 0. The first-order chi connectivity index (χ1) is 12.2. The molecule has 2 rings (SSSR count). The summed E-state index contributed by atoms with van der Waals surface area (Å²) in [5.74, 6) is -1.18. The molecule has 0 aromatic heterocycles. The van der Waals surface area contributed by atoms with Gasteiger partial charge >= 0.3 is 5.97 Å². The fourth-order valence-corrected chi connectivity index (χ4v) is 3.40. The molecule has 2 aromatic rings. The van der Waals surface area contributed by atoms with Crippen molar-refractivity contribution in [2.24, 2.45) is 0 Å². The number of esters is 1. The Hall–Kier alpha value is -2.26. The van der Waals surface area contributed by atoms with E-state index in [1.165, 1.54) is 12.1 Å². The Bertz CT molecular complexity index is 876. The monoisotopic (exact) mass is 484 g/mol. The molecule has 0 aliphatic heterocycles. The first-order valence-electron chi connectivity index (χ1n) is 7.36. The van der Waals surface area contributed by atoms with Crippen molar-refractivity contribution in [1.82, 2.24) is 0 Å². The summed E-state index contributed by atoms with van der Waals surface area (Å²) in [7, 11) is 0. The van der Waals surface area contributed by atoms with Crippen LogP contribution in [0.3, 0.4) is 0 Å². The molecule has 7 nitrogen and oxygen atoms in total. The molecule has 0 atom stereocenters. The second-order valence-electron chi connectivity index (χ2n) is 5.46. The zero-order valence-electron chi connectivity index (χ0n) is 13.8. The summed E-state index contributed by atoms with van der Waals surface area (Å²) >= 11 is 6.34. The standard InChI is InChI=1S/C17H14Br2N2O5/c1-9-3-4-11(5-10(9)2)17(23)26-8-15(22)20-16-13(18)6-12(21(24)25)7-14(16)19/h3-7H,8H2,1-2H3,(H,20,22). The van der Waals surface area contributed by atoms with Gasteiger partial charge in [-0.05, 0) is 69.0 Å². The molecule has 1 amide bonds. The highest BCUT2D eigenvalue weighted by Crippen LogP contribution is 2.35. The molecule has 0 saturated carbocycles. The van der Waals surface area contributed by atoms with Crippen molar-refractivity contribution >= 4 is 55.1 Å². The molecule has 0 spiro atoms. The normalized spacial score (nSPS) is 10.3. The van der Waals surface area contributed by atoms with Gasteiger partial charge in [0, 0.05) is 21.1 Å². The van der Waals surface area contributed by atoms with Crippen LogP contribution in [0.4, 0.5) is 11.4 Å². The van der Waals surface area contributed by atoms with Gasteiger partial charge in [0.25, 0.3) is 11.6 Å². The van der Waals surface area contributed by atoms with E-state index in [1.54, 1.807) is 18.2 Å². The number of benzene rings is 2.